The molecule has 0 saturated carbocycles. The van der Waals surface area contributed by atoms with E-state index in [4.69, 9.17) is 0 Å². The summed E-state index contributed by atoms with van der Waals surface area (Å²) in [7, 11) is 1.79. The summed E-state index contributed by atoms with van der Waals surface area (Å²) in [6, 6.07) is 8.98. The topological polar surface area (TPSA) is 72.7 Å². The van der Waals surface area contributed by atoms with Gasteiger partial charge in [-0.3, -0.25) is 9.48 Å². The summed E-state index contributed by atoms with van der Waals surface area (Å²) >= 11 is 0. The number of carbonyl (C=O) groups excluding carboxylic acids is 1. The summed E-state index contributed by atoms with van der Waals surface area (Å²) in [4.78, 5) is 20.3. The fourth-order valence-corrected chi connectivity index (χ4v) is 1.83. The van der Waals surface area contributed by atoms with Gasteiger partial charge in [0, 0.05) is 12.6 Å². The number of carbonyl (C=O) groups is 1. The van der Waals surface area contributed by atoms with Crippen molar-refractivity contribution < 1.29 is 4.79 Å². The highest BCUT2D eigenvalue weighted by atomic mass is 16.1. The van der Waals surface area contributed by atoms with Crippen LogP contribution in [0.5, 0.6) is 0 Å². The van der Waals surface area contributed by atoms with E-state index in [9.17, 15) is 4.79 Å². The van der Waals surface area contributed by atoms with Gasteiger partial charge in [-0.05, 0) is 12.1 Å². The van der Waals surface area contributed by atoms with E-state index in [-0.39, 0.29) is 5.91 Å². The predicted molar refractivity (Wildman–Crippen MR) is 70.7 cm³/mol. The molecule has 3 rings (SSSR count). The van der Waals surface area contributed by atoms with Crippen LogP contribution in [-0.2, 0) is 7.05 Å². The Hall–Kier alpha value is -2.76. The maximum Gasteiger partial charge on any atom is 0.256 e. The molecule has 0 aliphatic heterocycles. The standard InChI is InChI=1S/C13H11N5O/c1-18-12-10(7-16-18)11(14-8-15-12)17-13(19)9-5-3-2-4-6-9/h2-8H,1H3,(H,14,15,17,19). The third kappa shape index (κ3) is 2.03. The lowest BCUT2D eigenvalue weighted by Crippen LogP contribution is -2.13. The van der Waals surface area contributed by atoms with Crippen LogP contribution in [0.4, 0.5) is 5.82 Å². The summed E-state index contributed by atoms with van der Waals surface area (Å²) in [5.41, 5.74) is 1.26. The highest BCUT2D eigenvalue weighted by molar-refractivity contribution is 6.07. The molecule has 2 heterocycles. The Kier molecular flexibility index (Phi) is 2.68. The Morgan fingerprint density at radius 1 is 1.21 bits per heavy atom. The molecule has 0 fully saturated rings. The van der Waals surface area contributed by atoms with Gasteiger partial charge < -0.3 is 5.32 Å². The summed E-state index contributed by atoms with van der Waals surface area (Å²) < 4.78 is 1.63. The van der Waals surface area contributed by atoms with Gasteiger partial charge in [-0.2, -0.15) is 5.10 Å². The minimum Gasteiger partial charge on any atom is -0.306 e. The number of benzene rings is 1. The van der Waals surface area contributed by atoms with E-state index in [1.165, 1.54) is 6.33 Å². The van der Waals surface area contributed by atoms with E-state index < -0.39 is 0 Å². The summed E-state index contributed by atoms with van der Waals surface area (Å²) in [6.07, 6.45) is 3.04. The van der Waals surface area contributed by atoms with Crippen molar-refractivity contribution in [3.05, 3.63) is 48.4 Å². The molecule has 0 aliphatic carbocycles. The van der Waals surface area contributed by atoms with E-state index in [1.54, 1.807) is 30.1 Å². The number of nitrogens with zero attached hydrogens (tertiary/aromatic N) is 4. The molecule has 1 amide bonds. The van der Waals surface area contributed by atoms with E-state index >= 15 is 0 Å². The second kappa shape index (κ2) is 4.49. The predicted octanol–water partition coefficient (Wildman–Crippen LogP) is 1.62. The number of aromatic nitrogens is 4. The van der Waals surface area contributed by atoms with Crippen LogP contribution >= 0.6 is 0 Å². The molecule has 0 atom stereocenters. The van der Waals surface area contributed by atoms with Crippen LogP contribution in [0.1, 0.15) is 10.4 Å². The van der Waals surface area contributed by atoms with Gasteiger partial charge in [0.15, 0.2) is 5.65 Å². The lowest BCUT2D eigenvalue weighted by atomic mass is 10.2. The monoisotopic (exact) mass is 253 g/mol. The number of nitrogens with one attached hydrogen (secondary N) is 1. The Morgan fingerprint density at radius 3 is 2.79 bits per heavy atom. The second-order valence-corrected chi connectivity index (χ2v) is 4.05. The van der Waals surface area contributed by atoms with Gasteiger partial charge in [0.25, 0.3) is 5.91 Å². The number of fused-ring (bicyclic) bond motifs is 1. The van der Waals surface area contributed by atoms with Gasteiger partial charge in [-0.25, -0.2) is 9.97 Å². The molecule has 1 aromatic carbocycles. The first-order valence-electron chi connectivity index (χ1n) is 5.75. The third-order valence-electron chi connectivity index (χ3n) is 2.80. The molecule has 6 heteroatoms. The van der Waals surface area contributed by atoms with Crippen LogP contribution in [0.2, 0.25) is 0 Å². The van der Waals surface area contributed by atoms with E-state index in [1.807, 2.05) is 18.2 Å². The van der Waals surface area contributed by atoms with Crippen molar-refractivity contribution in [3.63, 3.8) is 0 Å². The van der Waals surface area contributed by atoms with E-state index in [0.29, 0.717) is 22.4 Å². The molecular formula is C13H11N5O. The van der Waals surface area contributed by atoms with Crippen molar-refractivity contribution in [1.29, 1.82) is 0 Å². The van der Waals surface area contributed by atoms with Crippen LogP contribution < -0.4 is 5.32 Å². The number of hydrogen-bond acceptors (Lipinski definition) is 4. The number of amides is 1. The smallest absolute Gasteiger partial charge is 0.256 e. The van der Waals surface area contributed by atoms with Crippen molar-refractivity contribution in [2.75, 3.05) is 5.32 Å². The SMILES string of the molecule is Cn1ncc2c(NC(=O)c3ccccc3)ncnc21. The minimum absolute atomic E-state index is 0.204. The van der Waals surface area contributed by atoms with Gasteiger partial charge in [0.2, 0.25) is 0 Å². The van der Waals surface area contributed by atoms with Crippen molar-refractivity contribution in [3.8, 4) is 0 Å². The Bertz CT molecular complexity index is 735. The van der Waals surface area contributed by atoms with Gasteiger partial charge in [0.05, 0.1) is 11.6 Å². The van der Waals surface area contributed by atoms with Crippen LogP contribution in [-0.4, -0.2) is 25.7 Å². The molecule has 0 saturated heterocycles. The number of hydrogen-bond donors (Lipinski definition) is 1. The third-order valence-corrected chi connectivity index (χ3v) is 2.80. The number of rotatable bonds is 2. The fourth-order valence-electron chi connectivity index (χ4n) is 1.83. The van der Waals surface area contributed by atoms with Crippen LogP contribution in [0, 0.1) is 0 Å². The summed E-state index contributed by atoms with van der Waals surface area (Å²) in [6.45, 7) is 0. The Balaban J connectivity index is 1.96. The average molecular weight is 253 g/mol. The van der Waals surface area contributed by atoms with Crippen molar-refractivity contribution in [1.82, 2.24) is 19.7 Å². The number of aryl methyl sites for hydroxylation is 1. The maximum absolute atomic E-state index is 12.1. The quantitative estimate of drug-likeness (QED) is 0.753. The molecule has 94 valence electrons. The molecule has 2 aromatic heterocycles. The molecule has 6 nitrogen and oxygen atoms in total. The molecule has 0 spiro atoms. The molecule has 0 bridgehead atoms. The Morgan fingerprint density at radius 2 is 2.00 bits per heavy atom. The highest BCUT2D eigenvalue weighted by Crippen LogP contribution is 2.18. The van der Waals surface area contributed by atoms with Crippen LogP contribution in [0.25, 0.3) is 11.0 Å². The largest absolute Gasteiger partial charge is 0.306 e. The summed E-state index contributed by atoms with van der Waals surface area (Å²) in [5.74, 6) is 0.261. The van der Waals surface area contributed by atoms with Gasteiger partial charge >= 0.3 is 0 Å². The normalized spacial score (nSPS) is 10.6. The zero-order valence-corrected chi connectivity index (χ0v) is 10.2. The minimum atomic E-state index is -0.204. The second-order valence-electron chi connectivity index (χ2n) is 4.05. The van der Waals surface area contributed by atoms with Gasteiger partial charge in [-0.1, -0.05) is 18.2 Å². The molecule has 0 unspecified atom stereocenters. The highest BCUT2D eigenvalue weighted by Gasteiger charge is 2.11. The first kappa shape index (κ1) is 11.3. The van der Waals surface area contributed by atoms with Crippen LogP contribution in [0.3, 0.4) is 0 Å². The molecule has 19 heavy (non-hydrogen) atoms. The lowest BCUT2D eigenvalue weighted by molar-refractivity contribution is 0.102. The molecule has 0 radical (unpaired) electrons. The Labute approximate surface area is 109 Å². The maximum atomic E-state index is 12.1. The van der Waals surface area contributed by atoms with Crippen molar-refractivity contribution in [2.45, 2.75) is 0 Å². The first-order chi connectivity index (χ1) is 9.25. The molecule has 1 N–H and O–H groups in total. The molecule has 3 aromatic rings. The van der Waals surface area contributed by atoms with Gasteiger partial charge in [0.1, 0.15) is 12.1 Å². The van der Waals surface area contributed by atoms with E-state index in [0.717, 1.165) is 0 Å². The van der Waals surface area contributed by atoms with Crippen LogP contribution in [0.15, 0.2) is 42.9 Å². The summed E-state index contributed by atoms with van der Waals surface area (Å²) in [5, 5.41) is 7.59. The first-order valence-corrected chi connectivity index (χ1v) is 5.75. The fraction of sp³-hybridized carbons (Fsp3) is 0.0769. The zero-order chi connectivity index (χ0) is 13.2. The zero-order valence-electron chi connectivity index (χ0n) is 10.2. The van der Waals surface area contributed by atoms with Crippen molar-refractivity contribution >= 4 is 22.8 Å². The lowest BCUT2D eigenvalue weighted by Gasteiger charge is -2.04. The van der Waals surface area contributed by atoms with Gasteiger partial charge in [-0.15, -0.1) is 0 Å². The van der Waals surface area contributed by atoms with Crippen molar-refractivity contribution in [2.24, 2.45) is 7.05 Å². The molecule has 0 aliphatic rings. The number of anilines is 1. The van der Waals surface area contributed by atoms with E-state index in [2.05, 4.69) is 20.4 Å². The average Bonchev–Trinajstić information content (AvgIpc) is 2.83. The molecular weight excluding hydrogens is 242 g/mol.